The number of non-ortho nitro benzene ring substituents is 1. The van der Waals surface area contributed by atoms with Crippen LogP contribution in [0.3, 0.4) is 0 Å². The molecular formula is C17H28N2O2. The third kappa shape index (κ3) is 6.25. The summed E-state index contributed by atoms with van der Waals surface area (Å²) in [5, 5.41) is 10.6. The van der Waals surface area contributed by atoms with E-state index in [9.17, 15) is 10.1 Å². The molecule has 0 fully saturated rings. The number of rotatable bonds is 10. The average molecular weight is 292 g/mol. The molecule has 4 nitrogen and oxygen atoms in total. The summed E-state index contributed by atoms with van der Waals surface area (Å²) in [5.41, 5.74) is 1.36. The van der Waals surface area contributed by atoms with E-state index in [4.69, 9.17) is 0 Å². The first-order valence-electron chi connectivity index (χ1n) is 8.05. The molecule has 0 aromatic heterocycles. The predicted molar refractivity (Wildman–Crippen MR) is 87.7 cm³/mol. The van der Waals surface area contributed by atoms with Crippen LogP contribution in [0.15, 0.2) is 24.3 Å². The minimum Gasteiger partial charge on any atom is -0.301 e. The molecule has 0 N–H and O–H groups in total. The number of nitro benzene ring substituents is 1. The second-order valence-electron chi connectivity index (χ2n) is 5.59. The van der Waals surface area contributed by atoms with E-state index in [0.29, 0.717) is 6.04 Å². The normalized spacial score (nSPS) is 12.6. The first kappa shape index (κ1) is 17.6. The Morgan fingerprint density at radius 2 is 1.71 bits per heavy atom. The number of nitrogens with zero attached hydrogens (tertiary/aromatic N) is 2. The Hall–Kier alpha value is -1.42. The molecule has 118 valence electrons. The fourth-order valence-corrected chi connectivity index (χ4v) is 2.76. The second kappa shape index (κ2) is 9.50. The zero-order valence-electron chi connectivity index (χ0n) is 13.5. The van der Waals surface area contributed by atoms with Crippen molar-refractivity contribution in [2.45, 2.75) is 58.9 Å². The minimum atomic E-state index is -0.349. The highest BCUT2D eigenvalue weighted by molar-refractivity contribution is 5.32. The SMILES string of the molecule is CCN(CC)C(C)CCCCCc1ccc([N+](=O)[O-])cc1. The summed E-state index contributed by atoms with van der Waals surface area (Å²) in [6.07, 6.45) is 5.90. The van der Waals surface area contributed by atoms with Crippen LogP contribution in [0.4, 0.5) is 5.69 Å². The zero-order valence-corrected chi connectivity index (χ0v) is 13.5. The van der Waals surface area contributed by atoms with Crippen LogP contribution in [0.1, 0.15) is 52.0 Å². The van der Waals surface area contributed by atoms with Crippen molar-refractivity contribution < 1.29 is 4.92 Å². The molecule has 0 aliphatic rings. The lowest BCUT2D eigenvalue weighted by Crippen LogP contribution is -2.32. The Labute approximate surface area is 128 Å². The Morgan fingerprint density at radius 1 is 1.10 bits per heavy atom. The van der Waals surface area contributed by atoms with Gasteiger partial charge in [-0.15, -0.1) is 0 Å². The van der Waals surface area contributed by atoms with Crippen molar-refractivity contribution in [2.75, 3.05) is 13.1 Å². The Kier molecular flexibility index (Phi) is 7.98. The molecule has 0 aliphatic heterocycles. The fraction of sp³-hybridized carbons (Fsp3) is 0.647. The van der Waals surface area contributed by atoms with Gasteiger partial charge in [0.15, 0.2) is 0 Å². The number of nitro groups is 1. The predicted octanol–water partition coefficient (Wildman–Crippen LogP) is 4.43. The molecule has 1 aromatic carbocycles. The molecular weight excluding hydrogens is 264 g/mol. The number of benzene rings is 1. The summed E-state index contributed by atoms with van der Waals surface area (Å²) < 4.78 is 0. The van der Waals surface area contributed by atoms with Crippen LogP contribution >= 0.6 is 0 Å². The van der Waals surface area contributed by atoms with Crippen LogP contribution in [0.2, 0.25) is 0 Å². The maximum absolute atomic E-state index is 10.6. The lowest BCUT2D eigenvalue weighted by atomic mass is 10.0. The molecule has 0 bridgehead atoms. The Morgan fingerprint density at radius 3 is 2.24 bits per heavy atom. The van der Waals surface area contributed by atoms with Gasteiger partial charge in [-0.25, -0.2) is 0 Å². The monoisotopic (exact) mass is 292 g/mol. The zero-order chi connectivity index (χ0) is 15.7. The van der Waals surface area contributed by atoms with Crippen LogP contribution < -0.4 is 0 Å². The highest BCUT2D eigenvalue weighted by atomic mass is 16.6. The third-order valence-electron chi connectivity index (χ3n) is 4.17. The lowest BCUT2D eigenvalue weighted by Gasteiger charge is -2.26. The van der Waals surface area contributed by atoms with E-state index in [1.807, 2.05) is 12.1 Å². The summed E-state index contributed by atoms with van der Waals surface area (Å²) in [6.45, 7) is 8.99. The molecule has 1 rings (SSSR count). The van der Waals surface area contributed by atoms with Crippen LogP contribution in [-0.2, 0) is 6.42 Å². The van der Waals surface area contributed by atoms with Gasteiger partial charge in [-0.3, -0.25) is 10.1 Å². The third-order valence-corrected chi connectivity index (χ3v) is 4.17. The van der Waals surface area contributed by atoms with Crippen molar-refractivity contribution >= 4 is 5.69 Å². The Balaban J connectivity index is 2.20. The van der Waals surface area contributed by atoms with Crippen molar-refractivity contribution in [3.8, 4) is 0 Å². The van der Waals surface area contributed by atoms with E-state index in [0.717, 1.165) is 25.9 Å². The number of unbranched alkanes of at least 4 members (excludes halogenated alkanes) is 2. The van der Waals surface area contributed by atoms with Gasteiger partial charge in [-0.2, -0.15) is 0 Å². The summed E-state index contributed by atoms with van der Waals surface area (Å²) in [4.78, 5) is 12.7. The Bertz CT molecular complexity index is 413. The number of hydrogen-bond acceptors (Lipinski definition) is 3. The molecule has 0 radical (unpaired) electrons. The van der Waals surface area contributed by atoms with Crippen molar-refractivity contribution in [2.24, 2.45) is 0 Å². The van der Waals surface area contributed by atoms with E-state index < -0.39 is 0 Å². The standard InChI is InChI=1S/C17H28N2O2/c1-4-18(5-2)15(3)9-7-6-8-10-16-11-13-17(14-12-16)19(20)21/h11-15H,4-10H2,1-3H3. The highest BCUT2D eigenvalue weighted by Crippen LogP contribution is 2.15. The summed E-state index contributed by atoms with van der Waals surface area (Å²) in [6, 6.07) is 7.60. The molecule has 1 unspecified atom stereocenters. The van der Waals surface area contributed by atoms with Crippen LogP contribution in [0.5, 0.6) is 0 Å². The molecule has 0 aliphatic carbocycles. The molecule has 1 aromatic rings. The van der Waals surface area contributed by atoms with E-state index >= 15 is 0 Å². The molecule has 21 heavy (non-hydrogen) atoms. The first-order chi connectivity index (χ1) is 10.1. The maximum Gasteiger partial charge on any atom is 0.269 e. The van der Waals surface area contributed by atoms with E-state index in [2.05, 4.69) is 25.7 Å². The summed E-state index contributed by atoms with van der Waals surface area (Å²) in [7, 11) is 0. The van der Waals surface area contributed by atoms with Crippen molar-refractivity contribution in [3.05, 3.63) is 39.9 Å². The van der Waals surface area contributed by atoms with Crippen LogP contribution in [0, 0.1) is 10.1 Å². The van der Waals surface area contributed by atoms with Gasteiger partial charge in [-0.1, -0.05) is 38.8 Å². The van der Waals surface area contributed by atoms with Gasteiger partial charge >= 0.3 is 0 Å². The van der Waals surface area contributed by atoms with Gasteiger partial charge in [-0.05, 0) is 44.8 Å². The molecule has 4 heteroatoms. The van der Waals surface area contributed by atoms with Gasteiger partial charge in [0.2, 0.25) is 0 Å². The van der Waals surface area contributed by atoms with Crippen molar-refractivity contribution in [3.63, 3.8) is 0 Å². The number of aryl methyl sites for hydroxylation is 1. The first-order valence-corrected chi connectivity index (χ1v) is 8.05. The quantitative estimate of drug-likeness (QED) is 0.364. The average Bonchev–Trinajstić information content (AvgIpc) is 2.48. The minimum absolute atomic E-state index is 0.173. The molecule has 0 heterocycles. The largest absolute Gasteiger partial charge is 0.301 e. The van der Waals surface area contributed by atoms with E-state index in [-0.39, 0.29) is 10.6 Å². The van der Waals surface area contributed by atoms with Crippen LogP contribution in [-0.4, -0.2) is 29.0 Å². The smallest absolute Gasteiger partial charge is 0.269 e. The molecule has 0 amide bonds. The summed E-state index contributed by atoms with van der Waals surface area (Å²) in [5.74, 6) is 0. The van der Waals surface area contributed by atoms with Crippen molar-refractivity contribution in [1.29, 1.82) is 0 Å². The highest BCUT2D eigenvalue weighted by Gasteiger charge is 2.09. The molecule has 0 saturated heterocycles. The van der Waals surface area contributed by atoms with E-state index in [1.165, 1.54) is 24.8 Å². The van der Waals surface area contributed by atoms with Gasteiger partial charge in [0.25, 0.3) is 5.69 Å². The fourth-order valence-electron chi connectivity index (χ4n) is 2.76. The van der Waals surface area contributed by atoms with Gasteiger partial charge in [0.1, 0.15) is 0 Å². The topological polar surface area (TPSA) is 46.4 Å². The van der Waals surface area contributed by atoms with Crippen LogP contribution in [0.25, 0.3) is 0 Å². The van der Waals surface area contributed by atoms with Gasteiger partial charge in [0.05, 0.1) is 4.92 Å². The van der Waals surface area contributed by atoms with Crippen molar-refractivity contribution in [1.82, 2.24) is 4.90 Å². The second-order valence-corrected chi connectivity index (χ2v) is 5.59. The molecule has 1 atom stereocenters. The van der Waals surface area contributed by atoms with Gasteiger partial charge in [0, 0.05) is 18.2 Å². The number of hydrogen-bond donors (Lipinski definition) is 0. The maximum atomic E-state index is 10.6. The molecule has 0 saturated carbocycles. The summed E-state index contributed by atoms with van der Waals surface area (Å²) >= 11 is 0. The van der Waals surface area contributed by atoms with E-state index in [1.54, 1.807) is 12.1 Å². The lowest BCUT2D eigenvalue weighted by molar-refractivity contribution is -0.384. The molecule has 0 spiro atoms. The van der Waals surface area contributed by atoms with Gasteiger partial charge < -0.3 is 4.90 Å².